The Balaban J connectivity index is 1.67. The number of rotatable bonds is 8. The summed E-state index contributed by atoms with van der Waals surface area (Å²) in [6.45, 7) is 3.84. The molecule has 7 nitrogen and oxygen atoms in total. The average molecular weight is 420 g/mol. The standard InChI is InChI=1S/C19H25N5O2S2/c1-2-10-20-18(26)21-17(25)13-28-19-23-22-16(12-15-9-6-11-27-15)24(19)14-7-4-3-5-8-14/h2,6,9,11,14H,1,3-5,7-8,10,12-13H2,(H2,20,21,25,26). The van der Waals surface area contributed by atoms with Crippen LogP contribution in [-0.2, 0) is 11.2 Å². The van der Waals surface area contributed by atoms with Crippen LogP contribution in [0.15, 0.2) is 35.3 Å². The number of imide groups is 1. The number of carbonyl (C=O) groups excluding carboxylic acids is 2. The van der Waals surface area contributed by atoms with Gasteiger partial charge >= 0.3 is 6.03 Å². The zero-order valence-electron chi connectivity index (χ0n) is 15.7. The van der Waals surface area contributed by atoms with Crippen LogP contribution in [0.2, 0.25) is 0 Å². The van der Waals surface area contributed by atoms with Crippen molar-refractivity contribution in [2.75, 3.05) is 12.3 Å². The first-order valence-corrected chi connectivity index (χ1v) is 11.3. The summed E-state index contributed by atoms with van der Waals surface area (Å²) >= 11 is 3.04. The quantitative estimate of drug-likeness (QED) is 0.505. The van der Waals surface area contributed by atoms with Gasteiger partial charge in [0.1, 0.15) is 5.82 Å². The highest BCUT2D eigenvalue weighted by atomic mass is 32.2. The minimum absolute atomic E-state index is 0.116. The van der Waals surface area contributed by atoms with E-state index in [0.717, 1.165) is 30.2 Å². The molecule has 9 heteroatoms. The third-order valence-electron chi connectivity index (χ3n) is 4.58. The van der Waals surface area contributed by atoms with E-state index >= 15 is 0 Å². The molecule has 0 radical (unpaired) electrons. The number of urea groups is 1. The van der Waals surface area contributed by atoms with Gasteiger partial charge in [0.15, 0.2) is 5.16 Å². The van der Waals surface area contributed by atoms with Gasteiger partial charge in [0.05, 0.1) is 5.75 Å². The Morgan fingerprint density at radius 3 is 2.86 bits per heavy atom. The number of aromatic nitrogens is 3. The Labute approximate surface area is 173 Å². The molecule has 1 aliphatic carbocycles. The van der Waals surface area contributed by atoms with Gasteiger partial charge in [-0.05, 0) is 24.3 Å². The normalized spacial score (nSPS) is 14.6. The number of nitrogens with zero attached hydrogens (tertiary/aromatic N) is 3. The van der Waals surface area contributed by atoms with E-state index in [9.17, 15) is 9.59 Å². The molecule has 0 saturated heterocycles. The number of hydrogen-bond donors (Lipinski definition) is 2. The zero-order valence-corrected chi connectivity index (χ0v) is 17.4. The minimum Gasteiger partial charge on any atom is -0.334 e. The summed E-state index contributed by atoms with van der Waals surface area (Å²) in [5.74, 6) is 0.705. The predicted octanol–water partition coefficient (Wildman–Crippen LogP) is 3.54. The summed E-state index contributed by atoms with van der Waals surface area (Å²) < 4.78 is 2.22. The number of hydrogen-bond acceptors (Lipinski definition) is 6. The Morgan fingerprint density at radius 1 is 1.32 bits per heavy atom. The van der Waals surface area contributed by atoms with E-state index in [0.29, 0.717) is 12.6 Å². The van der Waals surface area contributed by atoms with Crippen LogP contribution in [0.3, 0.4) is 0 Å². The molecule has 0 bridgehead atoms. The molecule has 0 spiro atoms. The van der Waals surface area contributed by atoms with E-state index in [4.69, 9.17) is 0 Å². The third kappa shape index (κ3) is 5.68. The van der Waals surface area contributed by atoms with Gasteiger partial charge in [0, 0.05) is 23.9 Å². The molecule has 0 aliphatic heterocycles. The van der Waals surface area contributed by atoms with Gasteiger partial charge in [-0.3, -0.25) is 10.1 Å². The summed E-state index contributed by atoms with van der Waals surface area (Å²) in [5, 5.41) is 16.4. The van der Waals surface area contributed by atoms with E-state index in [-0.39, 0.29) is 11.7 Å². The SMILES string of the molecule is C=CCNC(=O)NC(=O)CSc1nnc(Cc2cccs2)n1C1CCCCC1. The molecule has 2 heterocycles. The van der Waals surface area contributed by atoms with Crippen LogP contribution in [0.4, 0.5) is 4.79 Å². The predicted molar refractivity (Wildman–Crippen MR) is 112 cm³/mol. The van der Waals surface area contributed by atoms with Crippen molar-refractivity contribution in [3.05, 3.63) is 40.9 Å². The van der Waals surface area contributed by atoms with Crippen LogP contribution in [-0.4, -0.2) is 39.0 Å². The third-order valence-corrected chi connectivity index (χ3v) is 6.40. The Kier molecular flexibility index (Phi) is 7.67. The van der Waals surface area contributed by atoms with E-state index in [2.05, 4.69) is 43.4 Å². The van der Waals surface area contributed by atoms with Gasteiger partial charge in [-0.25, -0.2) is 4.79 Å². The molecular weight excluding hydrogens is 394 g/mol. The number of thiophene rings is 1. The van der Waals surface area contributed by atoms with Gasteiger partial charge in [0.25, 0.3) is 0 Å². The number of thioether (sulfide) groups is 1. The fraction of sp³-hybridized carbons (Fsp3) is 0.474. The lowest BCUT2D eigenvalue weighted by Gasteiger charge is -2.25. The maximum absolute atomic E-state index is 12.1. The summed E-state index contributed by atoms with van der Waals surface area (Å²) in [5.41, 5.74) is 0. The van der Waals surface area contributed by atoms with Crippen molar-refractivity contribution in [2.45, 2.75) is 49.7 Å². The summed E-state index contributed by atoms with van der Waals surface area (Å²) in [6, 6.07) is 4.00. The topological polar surface area (TPSA) is 88.9 Å². The van der Waals surface area contributed by atoms with E-state index in [1.165, 1.54) is 35.9 Å². The molecule has 0 aromatic carbocycles. The van der Waals surface area contributed by atoms with Crippen LogP contribution < -0.4 is 10.6 Å². The van der Waals surface area contributed by atoms with Crippen LogP contribution in [0.25, 0.3) is 0 Å². The second kappa shape index (κ2) is 10.4. The lowest BCUT2D eigenvalue weighted by atomic mass is 9.95. The molecule has 150 valence electrons. The van der Waals surface area contributed by atoms with Crippen molar-refractivity contribution in [1.82, 2.24) is 25.4 Å². The molecule has 1 aliphatic rings. The van der Waals surface area contributed by atoms with E-state index < -0.39 is 6.03 Å². The first-order valence-electron chi connectivity index (χ1n) is 9.45. The molecule has 2 aromatic rings. The maximum Gasteiger partial charge on any atom is 0.321 e. The van der Waals surface area contributed by atoms with Gasteiger partial charge in [-0.1, -0.05) is 43.2 Å². The molecule has 0 atom stereocenters. The Morgan fingerprint density at radius 2 is 2.14 bits per heavy atom. The maximum atomic E-state index is 12.1. The second-order valence-electron chi connectivity index (χ2n) is 6.65. The van der Waals surface area contributed by atoms with Crippen molar-refractivity contribution in [2.24, 2.45) is 0 Å². The van der Waals surface area contributed by atoms with Gasteiger partial charge in [-0.2, -0.15) is 0 Å². The lowest BCUT2D eigenvalue weighted by Crippen LogP contribution is -2.40. The highest BCUT2D eigenvalue weighted by molar-refractivity contribution is 7.99. The average Bonchev–Trinajstić information content (AvgIpc) is 3.35. The van der Waals surface area contributed by atoms with Crippen LogP contribution in [0, 0.1) is 0 Å². The fourth-order valence-electron chi connectivity index (χ4n) is 3.30. The fourth-order valence-corrected chi connectivity index (χ4v) is 4.83. The minimum atomic E-state index is -0.516. The molecule has 3 amide bonds. The van der Waals surface area contributed by atoms with Crippen molar-refractivity contribution < 1.29 is 9.59 Å². The van der Waals surface area contributed by atoms with E-state index in [1.807, 2.05) is 6.07 Å². The molecule has 0 unspecified atom stereocenters. The Hall–Kier alpha value is -2.13. The smallest absolute Gasteiger partial charge is 0.321 e. The second-order valence-corrected chi connectivity index (χ2v) is 8.63. The van der Waals surface area contributed by atoms with Crippen molar-refractivity contribution >= 4 is 35.0 Å². The van der Waals surface area contributed by atoms with Crippen molar-refractivity contribution in [3.8, 4) is 0 Å². The lowest BCUT2D eigenvalue weighted by molar-refractivity contribution is -0.117. The molecule has 3 rings (SSSR count). The molecule has 1 fully saturated rings. The summed E-state index contributed by atoms with van der Waals surface area (Å²) in [6.07, 6.45) is 8.20. The Bertz CT molecular complexity index is 797. The largest absolute Gasteiger partial charge is 0.334 e. The first-order chi connectivity index (χ1) is 13.7. The zero-order chi connectivity index (χ0) is 19.8. The van der Waals surface area contributed by atoms with E-state index in [1.54, 1.807) is 17.4 Å². The molecule has 1 saturated carbocycles. The summed E-state index contributed by atoms with van der Waals surface area (Å²) in [7, 11) is 0. The van der Waals surface area contributed by atoms with Gasteiger partial charge < -0.3 is 9.88 Å². The highest BCUT2D eigenvalue weighted by Gasteiger charge is 2.24. The van der Waals surface area contributed by atoms with Gasteiger partial charge in [-0.15, -0.1) is 28.1 Å². The monoisotopic (exact) mass is 419 g/mol. The number of amides is 3. The number of carbonyl (C=O) groups is 2. The highest BCUT2D eigenvalue weighted by Crippen LogP contribution is 2.33. The van der Waals surface area contributed by atoms with Crippen LogP contribution in [0.5, 0.6) is 0 Å². The molecule has 28 heavy (non-hydrogen) atoms. The first kappa shape index (κ1) is 20.6. The van der Waals surface area contributed by atoms with Crippen molar-refractivity contribution in [3.63, 3.8) is 0 Å². The van der Waals surface area contributed by atoms with Crippen molar-refractivity contribution in [1.29, 1.82) is 0 Å². The summed E-state index contributed by atoms with van der Waals surface area (Å²) in [4.78, 5) is 24.9. The van der Waals surface area contributed by atoms with Gasteiger partial charge in [0.2, 0.25) is 5.91 Å². The van der Waals surface area contributed by atoms with Crippen LogP contribution in [0.1, 0.15) is 48.8 Å². The number of nitrogens with one attached hydrogen (secondary N) is 2. The van der Waals surface area contributed by atoms with Crippen LogP contribution >= 0.6 is 23.1 Å². The molecular formula is C19H25N5O2S2. The molecule has 2 aromatic heterocycles. The molecule has 2 N–H and O–H groups in total.